The van der Waals surface area contributed by atoms with Crippen molar-refractivity contribution >= 4 is 34.0 Å². The Kier molecular flexibility index (Phi) is 2.64. The largest absolute Gasteiger partial charge is 0.399 e. The van der Waals surface area contributed by atoms with Gasteiger partial charge in [-0.3, -0.25) is 0 Å². The number of nitrogens with zero attached hydrogens (tertiary/aromatic N) is 2. The number of aryl methyl sites for hydroxylation is 1. The van der Waals surface area contributed by atoms with Crippen LogP contribution in [-0.4, -0.2) is 15.0 Å². The van der Waals surface area contributed by atoms with E-state index in [9.17, 15) is 0 Å². The Hall–Kier alpha value is -2.08. The molecule has 0 radical (unpaired) electrons. The van der Waals surface area contributed by atoms with Crippen LogP contribution in [0.5, 0.6) is 0 Å². The number of nitrogens with two attached hydrogens (primary N) is 1. The number of anilines is 2. The summed E-state index contributed by atoms with van der Waals surface area (Å²) < 4.78 is 0. The van der Waals surface area contributed by atoms with Gasteiger partial charge < -0.3 is 16.0 Å². The number of thiazole rings is 1. The second-order valence-corrected chi connectivity index (χ2v) is 5.38. The van der Waals surface area contributed by atoms with E-state index in [1.807, 2.05) is 31.3 Å². The lowest BCUT2D eigenvalue weighted by Gasteiger charge is -1.98. The fraction of sp³-hybridized carbons (Fsp3) is 0.167. The van der Waals surface area contributed by atoms with E-state index in [-0.39, 0.29) is 0 Å². The number of hydrogen-bond acceptors (Lipinski definition) is 5. The first kappa shape index (κ1) is 11.0. The number of nitrogen functional groups attached to an aromatic ring is 1. The van der Waals surface area contributed by atoms with Crippen molar-refractivity contribution in [2.45, 2.75) is 13.5 Å². The third-order valence-electron chi connectivity index (χ3n) is 2.61. The Morgan fingerprint density at radius 2 is 2.33 bits per heavy atom. The molecule has 5 nitrogen and oxygen atoms in total. The molecule has 1 aromatic carbocycles. The van der Waals surface area contributed by atoms with Gasteiger partial charge >= 0.3 is 0 Å². The van der Waals surface area contributed by atoms with Crippen LogP contribution in [-0.2, 0) is 6.54 Å². The highest BCUT2D eigenvalue weighted by Gasteiger charge is 2.03. The molecule has 0 amide bonds. The van der Waals surface area contributed by atoms with Gasteiger partial charge in [0.2, 0.25) is 5.95 Å². The number of fused-ring (bicyclic) bond motifs is 1. The summed E-state index contributed by atoms with van der Waals surface area (Å²) in [4.78, 5) is 13.0. The molecule has 0 bridgehead atoms. The van der Waals surface area contributed by atoms with Gasteiger partial charge in [0.15, 0.2) is 0 Å². The minimum atomic E-state index is 0.723. The Morgan fingerprint density at radius 3 is 3.11 bits per heavy atom. The third kappa shape index (κ3) is 2.14. The fourth-order valence-corrected chi connectivity index (χ4v) is 2.50. The quantitative estimate of drug-likeness (QED) is 0.631. The normalized spacial score (nSPS) is 10.9. The minimum absolute atomic E-state index is 0.723. The average Bonchev–Trinajstić information content (AvgIpc) is 2.92. The zero-order valence-electron chi connectivity index (χ0n) is 9.90. The first-order chi connectivity index (χ1) is 8.70. The topological polar surface area (TPSA) is 79.6 Å². The second-order valence-electron chi connectivity index (χ2n) is 4.06. The smallest absolute Gasteiger partial charge is 0.201 e. The monoisotopic (exact) mass is 259 g/mol. The lowest BCUT2D eigenvalue weighted by molar-refractivity contribution is 1.11. The summed E-state index contributed by atoms with van der Waals surface area (Å²) in [6.45, 7) is 2.72. The highest BCUT2D eigenvalue weighted by Crippen LogP contribution is 2.18. The van der Waals surface area contributed by atoms with Crippen LogP contribution in [0.4, 0.5) is 11.6 Å². The molecule has 0 aliphatic rings. The van der Waals surface area contributed by atoms with Gasteiger partial charge in [0.05, 0.1) is 22.6 Å². The van der Waals surface area contributed by atoms with Crippen LogP contribution in [0, 0.1) is 6.92 Å². The van der Waals surface area contributed by atoms with Crippen LogP contribution in [0.15, 0.2) is 24.4 Å². The Morgan fingerprint density at radius 1 is 1.44 bits per heavy atom. The molecule has 0 saturated carbocycles. The molecule has 6 heteroatoms. The molecular weight excluding hydrogens is 246 g/mol. The fourth-order valence-electron chi connectivity index (χ4n) is 1.77. The molecule has 2 aromatic heterocycles. The van der Waals surface area contributed by atoms with Crippen LogP contribution in [0.2, 0.25) is 0 Å². The number of H-pyrrole nitrogens is 1. The Bertz CT molecular complexity index is 685. The van der Waals surface area contributed by atoms with Crippen LogP contribution in [0.3, 0.4) is 0 Å². The molecule has 0 spiro atoms. The highest BCUT2D eigenvalue weighted by atomic mass is 32.1. The predicted molar refractivity (Wildman–Crippen MR) is 74.7 cm³/mol. The van der Waals surface area contributed by atoms with E-state index in [0.29, 0.717) is 0 Å². The molecule has 0 saturated heterocycles. The van der Waals surface area contributed by atoms with Gasteiger partial charge in [0.1, 0.15) is 0 Å². The summed E-state index contributed by atoms with van der Waals surface area (Å²) >= 11 is 1.68. The second kappa shape index (κ2) is 4.30. The Balaban J connectivity index is 1.78. The molecule has 18 heavy (non-hydrogen) atoms. The minimum Gasteiger partial charge on any atom is -0.399 e. The predicted octanol–water partition coefficient (Wildman–Crippen LogP) is 2.52. The van der Waals surface area contributed by atoms with Crippen LogP contribution < -0.4 is 11.1 Å². The number of hydrogen-bond donors (Lipinski definition) is 3. The summed E-state index contributed by atoms with van der Waals surface area (Å²) in [5.74, 6) is 0.752. The van der Waals surface area contributed by atoms with E-state index in [0.717, 1.165) is 34.2 Å². The summed E-state index contributed by atoms with van der Waals surface area (Å²) in [6, 6.07) is 5.63. The number of aromatic amines is 1. The molecular formula is C12H13N5S. The Labute approximate surface area is 108 Å². The van der Waals surface area contributed by atoms with E-state index in [4.69, 9.17) is 5.73 Å². The highest BCUT2D eigenvalue weighted by molar-refractivity contribution is 7.11. The number of rotatable bonds is 3. The first-order valence-corrected chi connectivity index (χ1v) is 6.43. The molecule has 2 heterocycles. The first-order valence-electron chi connectivity index (χ1n) is 5.61. The van der Waals surface area contributed by atoms with E-state index >= 15 is 0 Å². The summed E-state index contributed by atoms with van der Waals surface area (Å²) in [5, 5.41) is 4.32. The van der Waals surface area contributed by atoms with Gasteiger partial charge in [0.25, 0.3) is 0 Å². The van der Waals surface area contributed by atoms with Gasteiger partial charge in [-0.25, -0.2) is 9.97 Å². The van der Waals surface area contributed by atoms with Crippen molar-refractivity contribution in [2.75, 3.05) is 11.1 Å². The van der Waals surface area contributed by atoms with E-state index in [1.54, 1.807) is 11.3 Å². The zero-order valence-corrected chi connectivity index (χ0v) is 10.7. The molecule has 3 rings (SSSR count). The summed E-state index contributed by atoms with van der Waals surface area (Å²) in [6.07, 6.45) is 1.88. The maximum absolute atomic E-state index is 5.73. The van der Waals surface area contributed by atoms with Crippen molar-refractivity contribution in [2.24, 2.45) is 0 Å². The van der Waals surface area contributed by atoms with E-state index in [2.05, 4.69) is 20.3 Å². The van der Waals surface area contributed by atoms with Crippen LogP contribution >= 0.6 is 11.3 Å². The van der Waals surface area contributed by atoms with Gasteiger partial charge in [-0.05, 0) is 25.1 Å². The third-order valence-corrected chi connectivity index (χ3v) is 3.52. The van der Waals surface area contributed by atoms with Crippen molar-refractivity contribution < 1.29 is 0 Å². The lowest BCUT2D eigenvalue weighted by Crippen LogP contribution is -1.98. The van der Waals surface area contributed by atoms with Crippen molar-refractivity contribution in [3.05, 3.63) is 34.3 Å². The van der Waals surface area contributed by atoms with Crippen molar-refractivity contribution in [3.63, 3.8) is 0 Å². The zero-order chi connectivity index (χ0) is 12.5. The SMILES string of the molecule is Cc1ncc(CNc2nc3ccc(N)cc3[nH]2)s1. The van der Waals surface area contributed by atoms with Gasteiger partial charge in [-0.1, -0.05) is 0 Å². The lowest BCUT2D eigenvalue weighted by atomic mass is 10.3. The van der Waals surface area contributed by atoms with E-state index < -0.39 is 0 Å². The number of benzene rings is 1. The number of imidazole rings is 1. The molecule has 0 fully saturated rings. The number of nitrogens with one attached hydrogen (secondary N) is 2. The molecule has 0 atom stereocenters. The maximum atomic E-state index is 5.73. The number of aromatic nitrogens is 3. The molecule has 4 N–H and O–H groups in total. The molecule has 92 valence electrons. The van der Waals surface area contributed by atoms with Crippen LogP contribution in [0.25, 0.3) is 11.0 Å². The summed E-state index contributed by atoms with van der Waals surface area (Å²) in [7, 11) is 0. The molecule has 0 unspecified atom stereocenters. The standard InChI is InChI=1S/C12H13N5S/c1-7-14-5-9(18-7)6-15-12-16-10-3-2-8(13)4-11(10)17-12/h2-5H,6,13H2,1H3,(H2,15,16,17). The maximum Gasteiger partial charge on any atom is 0.201 e. The molecule has 3 aromatic rings. The molecule has 0 aliphatic heterocycles. The molecule has 0 aliphatic carbocycles. The average molecular weight is 259 g/mol. The van der Waals surface area contributed by atoms with Crippen LogP contribution in [0.1, 0.15) is 9.88 Å². The van der Waals surface area contributed by atoms with Crippen molar-refractivity contribution in [1.82, 2.24) is 15.0 Å². The van der Waals surface area contributed by atoms with Gasteiger partial charge in [0, 0.05) is 16.8 Å². The van der Waals surface area contributed by atoms with Crippen molar-refractivity contribution in [3.8, 4) is 0 Å². The van der Waals surface area contributed by atoms with E-state index in [1.165, 1.54) is 4.88 Å². The van der Waals surface area contributed by atoms with Gasteiger partial charge in [-0.15, -0.1) is 11.3 Å². The van der Waals surface area contributed by atoms with Gasteiger partial charge in [-0.2, -0.15) is 0 Å². The summed E-state index contributed by atoms with van der Waals surface area (Å²) in [5.41, 5.74) is 8.31. The van der Waals surface area contributed by atoms with Crippen molar-refractivity contribution in [1.29, 1.82) is 0 Å².